The zero-order valence-electron chi connectivity index (χ0n) is 14.0. The molecule has 7 heteroatoms. The fourth-order valence-electron chi connectivity index (χ4n) is 3.15. The van der Waals surface area contributed by atoms with Crippen molar-refractivity contribution in [2.75, 3.05) is 32.8 Å². The van der Waals surface area contributed by atoms with Gasteiger partial charge >= 0.3 is 5.69 Å². The number of H-pyrrole nitrogens is 1. The average Bonchev–Trinajstić information content (AvgIpc) is 2.98. The van der Waals surface area contributed by atoms with Crippen LogP contribution in [0.1, 0.15) is 6.42 Å². The summed E-state index contributed by atoms with van der Waals surface area (Å²) in [6.07, 6.45) is 2.59. The van der Waals surface area contributed by atoms with E-state index < -0.39 is 0 Å². The van der Waals surface area contributed by atoms with Crippen molar-refractivity contribution in [3.05, 3.63) is 47.0 Å². The number of fused-ring (bicyclic) bond motifs is 1. The van der Waals surface area contributed by atoms with E-state index in [1.54, 1.807) is 10.8 Å². The zero-order chi connectivity index (χ0) is 17.1. The molecular formula is C18H21N5O2. The molecule has 0 aliphatic carbocycles. The maximum atomic E-state index is 12.3. The van der Waals surface area contributed by atoms with Gasteiger partial charge < -0.3 is 4.74 Å². The van der Waals surface area contributed by atoms with Gasteiger partial charge in [-0.3, -0.25) is 14.5 Å². The lowest BCUT2D eigenvalue weighted by Gasteiger charge is -2.26. The van der Waals surface area contributed by atoms with E-state index in [4.69, 9.17) is 4.74 Å². The summed E-state index contributed by atoms with van der Waals surface area (Å²) in [6, 6.07) is 9.88. The van der Waals surface area contributed by atoms with Crippen LogP contribution >= 0.6 is 0 Å². The molecule has 7 nitrogen and oxygen atoms in total. The largest absolute Gasteiger partial charge is 0.379 e. The van der Waals surface area contributed by atoms with Gasteiger partial charge in [-0.2, -0.15) is 0 Å². The van der Waals surface area contributed by atoms with Crippen molar-refractivity contribution in [3.8, 4) is 11.3 Å². The normalized spacial score (nSPS) is 15.7. The molecular weight excluding hydrogens is 318 g/mol. The van der Waals surface area contributed by atoms with E-state index in [-0.39, 0.29) is 5.69 Å². The van der Waals surface area contributed by atoms with Gasteiger partial charge in [-0.25, -0.2) is 14.8 Å². The van der Waals surface area contributed by atoms with Crippen molar-refractivity contribution in [3.63, 3.8) is 0 Å². The lowest BCUT2D eigenvalue weighted by Crippen LogP contribution is -2.37. The molecule has 0 atom stereocenters. The minimum absolute atomic E-state index is 0.151. The first-order valence-electron chi connectivity index (χ1n) is 8.62. The number of nitrogens with zero attached hydrogens (tertiary/aromatic N) is 4. The molecule has 25 heavy (non-hydrogen) atoms. The van der Waals surface area contributed by atoms with Crippen LogP contribution in [0.4, 0.5) is 0 Å². The number of aromatic nitrogens is 4. The van der Waals surface area contributed by atoms with Crippen LogP contribution in [0.25, 0.3) is 22.6 Å². The molecule has 0 bridgehead atoms. The third kappa shape index (κ3) is 3.47. The second-order valence-corrected chi connectivity index (χ2v) is 6.18. The number of hydrogen-bond donors (Lipinski definition) is 1. The number of hydrogen-bond acceptors (Lipinski definition) is 5. The Labute approximate surface area is 145 Å². The minimum Gasteiger partial charge on any atom is -0.379 e. The zero-order valence-corrected chi connectivity index (χ0v) is 14.0. The van der Waals surface area contributed by atoms with Gasteiger partial charge in [0.05, 0.1) is 25.1 Å². The van der Waals surface area contributed by atoms with Gasteiger partial charge in [-0.1, -0.05) is 30.3 Å². The van der Waals surface area contributed by atoms with E-state index in [0.29, 0.717) is 17.8 Å². The number of morpholine rings is 1. The van der Waals surface area contributed by atoms with E-state index in [1.165, 1.54) is 0 Å². The van der Waals surface area contributed by atoms with Crippen molar-refractivity contribution in [2.24, 2.45) is 0 Å². The van der Waals surface area contributed by atoms with Gasteiger partial charge in [0.15, 0.2) is 11.3 Å². The molecule has 1 aliphatic heterocycles. The quantitative estimate of drug-likeness (QED) is 0.762. The molecule has 0 radical (unpaired) electrons. The van der Waals surface area contributed by atoms with E-state index in [1.807, 2.05) is 30.3 Å². The standard InChI is InChI=1S/C18H21N5O2/c24-18-21-16-17(20-15(13-19-16)14-5-2-1-3-6-14)23(18)8-4-7-22-9-11-25-12-10-22/h1-3,5-6,13H,4,7-12H2,(H,19,21,24). The average molecular weight is 339 g/mol. The fourth-order valence-corrected chi connectivity index (χ4v) is 3.15. The summed E-state index contributed by atoms with van der Waals surface area (Å²) in [6.45, 7) is 5.08. The molecule has 0 amide bonds. The van der Waals surface area contributed by atoms with E-state index in [0.717, 1.165) is 50.5 Å². The molecule has 0 unspecified atom stereocenters. The molecule has 4 rings (SSSR count). The lowest BCUT2D eigenvalue weighted by molar-refractivity contribution is 0.0369. The van der Waals surface area contributed by atoms with Crippen LogP contribution in [-0.4, -0.2) is 57.3 Å². The number of ether oxygens (including phenoxy) is 1. The summed E-state index contributed by atoms with van der Waals surface area (Å²) < 4.78 is 7.05. The second kappa shape index (κ2) is 7.16. The lowest BCUT2D eigenvalue weighted by atomic mass is 10.2. The molecule has 0 saturated carbocycles. The molecule has 1 fully saturated rings. The maximum absolute atomic E-state index is 12.3. The van der Waals surface area contributed by atoms with Crippen LogP contribution in [0.5, 0.6) is 0 Å². The number of nitrogens with one attached hydrogen (secondary N) is 1. The van der Waals surface area contributed by atoms with Crippen LogP contribution < -0.4 is 5.69 Å². The summed E-state index contributed by atoms with van der Waals surface area (Å²) in [5.74, 6) is 0. The van der Waals surface area contributed by atoms with Crippen LogP contribution in [0.3, 0.4) is 0 Å². The Morgan fingerprint density at radius 3 is 2.72 bits per heavy atom. The smallest absolute Gasteiger partial charge is 0.328 e. The topological polar surface area (TPSA) is 76.0 Å². The van der Waals surface area contributed by atoms with E-state index in [9.17, 15) is 4.79 Å². The SMILES string of the molecule is O=c1[nH]c2ncc(-c3ccccc3)nc2n1CCCN1CCOCC1. The number of aryl methyl sites for hydroxylation is 1. The Balaban J connectivity index is 1.55. The van der Waals surface area contributed by atoms with Crippen molar-refractivity contribution in [2.45, 2.75) is 13.0 Å². The highest BCUT2D eigenvalue weighted by Gasteiger charge is 2.13. The Morgan fingerprint density at radius 2 is 1.92 bits per heavy atom. The molecule has 130 valence electrons. The predicted octanol–water partition coefficient (Wildman–Crippen LogP) is 1.51. The highest BCUT2D eigenvalue weighted by atomic mass is 16.5. The molecule has 1 saturated heterocycles. The van der Waals surface area contributed by atoms with Crippen LogP contribution in [0, 0.1) is 0 Å². The fraction of sp³-hybridized carbons (Fsp3) is 0.389. The highest BCUT2D eigenvalue weighted by Crippen LogP contribution is 2.17. The Morgan fingerprint density at radius 1 is 1.12 bits per heavy atom. The Kier molecular flexibility index (Phi) is 4.58. The predicted molar refractivity (Wildman–Crippen MR) is 95.5 cm³/mol. The number of aromatic amines is 1. The summed E-state index contributed by atoms with van der Waals surface area (Å²) in [7, 11) is 0. The third-order valence-electron chi connectivity index (χ3n) is 4.51. The second-order valence-electron chi connectivity index (χ2n) is 6.18. The van der Waals surface area contributed by atoms with Crippen LogP contribution in [-0.2, 0) is 11.3 Å². The molecule has 1 aromatic carbocycles. The summed E-state index contributed by atoms with van der Waals surface area (Å²) in [4.78, 5) is 26.5. The van der Waals surface area contributed by atoms with Crippen LogP contribution in [0.15, 0.2) is 41.3 Å². The maximum Gasteiger partial charge on any atom is 0.328 e. The molecule has 3 aromatic rings. The molecule has 0 spiro atoms. The van der Waals surface area contributed by atoms with Crippen molar-refractivity contribution in [1.82, 2.24) is 24.4 Å². The summed E-state index contributed by atoms with van der Waals surface area (Å²) in [5.41, 5.74) is 2.77. The number of rotatable bonds is 5. The highest BCUT2D eigenvalue weighted by molar-refractivity contribution is 5.70. The number of benzene rings is 1. The van der Waals surface area contributed by atoms with Gasteiger partial charge in [0.1, 0.15) is 0 Å². The summed E-state index contributed by atoms with van der Waals surface area (Å²) >= 11 is 0. The first-order chi connectivity index (χ1) is 12.3. The van der Waals surface area contributed by atoms with Crippen molar-refractivity contribution in [1.29, 1.82) is 0 Å². The first kappa shape index (κ1) is 16.0. The van der Waals surface area contributed by atoms with Crippen LogP contribution in [0.2, 0.25) is 0 Å². The number of imidazole rings is 1. The van der Waals surface area contributed by atoms with Gasteiger partial charge in [-0.15, -0.1) is 0 Å². The first-order valence-corrected chi connectivity index (χ1v) is 8.62. The van der Waals surface area contributed by atoms with Gasteiger partial charge in [-0.05, 0) is 6.42 Å². The Bertz CT molecular complexity index is 897. The van der Waals surface area contributed by atoms with E-state index in [2.05, 4.69) is 19.9 Å². The van der Waals surface area contributed by atoms with Gasteiger partial charge in [0.2, 0.25) is 0 Å². The third-order valence-corrected chi connectivity index (χ3v) is 4.51. The molecule has 3 heterocycles. The monoisotopic (exact) mass is 339 g/mol. The van der Waals surface area contributed by atoms with Gasteiger partial charge in [0, 0.05) is 31.7 Å². The molecule has 2 aromatic heterocycles. The van der Waals surface area contributed by atoms with Crippen molar-refractivity contribution >= 4 is 11.3 Å². The minimum atomic E-state index is -0.151. The van der Waals surface area contributed by atoms with Crippen molar-refractivity contribution < 1.29 is 4.74 Å². The molecule has 1 N–H and O–H groups in total. The Hall–Kier alpha value is -2.51. The molecule has 1 aliphatic rings. The van der Waals surface area contributed by atoms with E-state index >= 15 is 0 Å². The van der Waals surface area contributed by atoms with Gasteiger partial charge in [0.25, 0.3) is 0 Å². The summed E-state index contributed by atoms with van der Waals surface area (Å²) in [5, 5.41) is 0.